The van der Waals surface area contributed by atoms with Crippen LogP contribution >= 0.6 is 0 Å². The molecule has 0 aliphatic heterocycles. The summed E-state index contributed by atoms with van der Waals surface area (Å²) in [5.74, 6) is -0.430. The van der Waals surface area contributed by atoms with Crippen LogP contribution in [-0.2, 0) is 22.4 Å². The molecule has 6 heteroatoms. The Morgan fingerprint density at radius 1 is 1.00 bits per heavy atom. The lowest BCUT2D eigenvalue weighted by Crippen LogP contribution is -2.43. The van der Waals surface area contributed by atoms with Crippen LogP contribution < -0.4 is 15.6 Å². The van der Waals surface area contributed by atoms with Gasteiger partial charge in [-0.2, -0.15) is 0 Å². The first-order valence-electron chi connectivity index (χ1n) is 8.11. The minimum Gasteiger partial charge on any atom is -0.483 e. The second-order valence-electron chi connectivity index (χ2n) is 5.47. The minimum atomic E-state index is -0.443. The Kier molecular flexibility index (Phi) is 6.95. The zero-order valence-electron chi connectivity index (χ0n) is 14.0. The second kappa shape index (κ2) is 9.42. The molecular weight excluding hydrogens is 323 g/mol. The van der Waals surface area contributed by atoms with Crippen LogP contribution in [0.25, 0.3) is 0 Å². The molecule has 25 heavy (non-hydrogen) atoms. The van der Waals surface area contributed by atoms with Gasteiger partial charge in [-0.15, -0.1) is 0 Å². The molecule has 0 fully saturated rings. The molecule has 0 aliphatic rings. The van der Waals surface area contributed by atoms with Crippen molar-refractivity contribution in [1.29, 1.82) is 0 Å². The molecule has 0 unspecified atom stereocenters. The van der Waals surface area contributed by atoms with E-state index in [1.165, 1.54) is 12.1 Å². The Hall–Kier alpha value is -2.89. The highest BCUT2D eigenvalue weighted by atomic mass is 19.1. The lowest BCUT2D eigenvalue weighted by atomic mass is 10.1. The molecule has 0 spiro atoms. The smallest absolute Gasteiger partial charge is 0.276 e. The van der Waals surface area contributed by atoms with Crippen molar-refractivity contribution in [1.82, 2.24) is 10.9 Å². The first kappa shape index (κ1) is 18.4. The number of hydrazine groups is 1. The van der Waals surface area contributed by atoms with Gasteiger partial charge in [-0.1, -0.05) is 37.3 Å². The summed E-state index contributed by atoms with van der Waals surface area (Å²) < 4.78 is 18.3. The predicted octanol–water partition coefficient (Wildman–Crippen LogP) is 2.55. The van der Waals surface area contributed by atoms with Crippen LogP contribution in [0.2, 0.25) is 0 Å². The van der Waals surface area contributed by atoms with Crippen LogP contribution in [0.15, 0.2) is 48.5 Å². The summed E-state index contributed by atoms with van der Waals surface area (Å²) in [4.78, 5) is 23.5. The van der Waals surface area contributed by atoms with Gasteiger partial charge in [-0.05, 0) is 42.2 Å². The average molecular weight is 344 g/mol. The number of amides is 2. The summed E-state index contributed by atoms with van der Waals surface area (Å²) >= 11 is 0. The first-order valence-corrected chi connectivity index (χ1v) is 8.11. The zero-order valence-corrected chi connectivity index (χ0v) is 14.0. The number of benzene rings is 2. The molecule has 2 aromatic rings. The third-order valence-corrected chi connectivity index (χ3v) is 3.61. The number of carbonyl (C=O) groups is 2. The van der Waals surface area contributed by atoms with Crippen LogP contribution in [0.5, 0.6) is 5.75 Å². The van der Waals surface area contributed by atoms with Crippen LogP contribution in [0.3, 0.4) is 0 Å². The maximum Gasteiger partial charge on any atom is 0.276 e. The molecule has 2 aromatic carbocycles. The fraction of sp³-hybridized carbons (Fsp3) is 0.263. The monoisotopic (exact) mass is 344 g/mol. The predicted molar refractivity (Wildman–Crippen MR) is 92.3 cm³/mol. The van der Waals surface area contributed by atoms with E-state index < -0.39 is 5.91 Å². The lowest BCUT2D eigenvalue weighted by molar-refractivity contribution is -0.130. The van der Waals surface area contributed by atoms with E-state index in [-0.39, 0.29) is 24.8 Å². The van der Waals surface area contributed by atoms with E-state index in [1.54, 1.807) is 18.2 Å². The van der Waals surface area contributed by atoms with E-state index in [4.69, 9.17) is 4.74 Å². The van der Waals surface area contributed by atoms with Gasteiger partial charge in [0.25, 0.3) is 5.91 Å². The van der Waals surface area contributed by atoms with E-state index in [0.29, 0.717) is 12.2 Å². The third-order valence-electron chi connectivity index (χ3n) is 3.61. The highest BCUT2D eigenvalue weighted by molar-refractivity contribution is 5.82. The maximum atomic E-state index is 12.8. The maximum absolute atomic E-state index is 12.8. The molecule has 0 heterocycles. The molecule has 0 radical (unpaired) electrons. The van der Waals surface area contributed by atoms with Gasteiger partial charge in [0.15, 0.2) is 6.61 Å². The summed E-state index contributed by atoms with van der Waals surface area (Å²) in [6, 6.07) is 13.4. The van der Waals surface area contributed by atoms with E-state index in [1.807, 2.05) is 25.1 Å². The Balaban J connectivity index is 1.68. The number of rotatable bonds is 7. The van der Waals surface area contributed by atoms with Crippen molar-refractivity contribution in [2.75, 3.05) is 6.61 Å². The number of nitrogens with one attached hydrogen (secondary N) is 2. The standard InChI is InChI=1S/C19H21FN2O3/c1-2-15-5-3-4-6-17(15)25-13-19(24)22-21-18(23)12-9-14-7-10-16(20)11-8-14/h3-8,10-11H,2,9,12-13H2,1H3,(H,21,23)(H,22,24). The number of hydrogen-bond acceptors (Lipinski definition) is 3. The molecule has 2 rings (SSSR count). The van der Waals surface area contributed by atoms with E-state index in [0.717, 1.165) is 17.5 Å². The minimum absolute atomic E-state index is 0.185. The Morgan fingerprint density at radius 2 is 1.68 bits per heavy atom. The van der Waals surface area contributed by atoms with Crippen molar-refractivity contribution >= 4 is 11.8 Å². The topological polar surface area (TPSA) is 67.4 Å². The van der Waals surface area contributed by atoms with Crippen molar-refractivity contribution < 1.29 is 18.7 Å². The van der Waals surface area contributed by atoms with Gasteiger partial charge in [0.05, 0.1) is 0 Å². The van der Waals surface area contributed by atoms with Gasteiger partial charge >= 0.3 is 0 Å². The van der Waals surface area contributed by atoms with Crippen LogP contribution in [0, 0.1) is 5.82 Å². The van der Waals surface area contributed by atoms with Gasteiger partial charge in [-0.25, -0.2) is 4.39 Å². The molecule has 0 aliphatic carbocycles. The summed E-state index contributed by atoms with van der Waals surface area (Å²) in [7, 11) is 0. The van der Waals surface area contributed by atoms with Crippen LogP contribution in [-0.4, -0.2) is 18.4 Å². The van der Waals surface area contributed by atoms with Crippen molar-refractivity contribution in [2.24, 2.45) is 0 Å². The fourth-order valence-corrected chi connectivity index (χ4v) is 2.23. The largest absolute Gasteiger partial charge is 0.483 e. The van der Waals surface area contributed by atoms with Gasteiger partial charge in [0.2, 0.25) is 5.91 Å². The van der Waals surface area contributed by atoms with Crippen LogP contribution in [0.4, 0.5) is 4.39 Å². The molecule has 0 saturated heterocycles. The van der Waals surface area contributed by atoms with E-state index >= 15 is 0 Å². The Bertz CT molecular complexity index is 717. The summed E-state index contributed by atoms with van der Waals surface area (Å²) in [6.07, 6.45) is 1.45. The molecular formula is C19H21FN2O3. The molecule has 0 bridgehead atoms. The van der Waals surface area contributed by atoms with Crippen molar-refractivity contribution in [3.63, 3.8) is 0 Å². The van der Waals surface area contributed by atoms with Gasteiger partial charge < -0.3 is 4.74 Å². The molecule has 5 nitrogen and oxygen atoms in total. The van der Waals surface area contributed by atoms with Crippen LogP contribution in [0.1, 0.15) is 24.5 Å². The zero-order chi connectivity index (χ0) is 18.1. The number of hydrogen-bond donors (Lipinski definition) is 2. The number of halogens is 1. The average Bonchev–Trinajstić information content (AvgIpc) is 2.64. The Labute approximate surface area is 146 Å². The molecule has 2 amide bonds. The number of para-hydroxylation sites is 1. The highest BCUT2D eigenvalue weighted by Crippen LogP contribution is 2.17. The highest BCUT2D eigenvalue weighted by Gasteiger charge is 2.07. The normalized spacial score (nSPS) is 10.2. The van der Waals surface area contributed by atoms with Crippen molar-refractivity contribution in [3.05, 3.63) is 65.5 Å². The molecule has 0 atom stereocenters. The molecule has 0 aromatic heterocycles. The Morgan fingerprint density at radius 3 is 2.40 bits per heavy atom. The third kappa shape index (κ3) is 6.25. The molecule has 0 saturated carbocycles. The van der Waals surface area contributed by atoms with Crippen molar-refractivity contribution in [2.45, 2.75) is 26.2 Å². The summed E-state index contributed by atoms with van der Waals surface area (Å²) in [6.45, 7) is 1.82. The number of aryl methyl sites for hydroxylation is 2. The molecule has 132 valence electrons. The van der Waals surface area contributed by atoms with Gasteiger partial charge in [0, 0.05) is 6.42 Å². The molecule has 2 N–H and O–H groups in total. The quantitative estimate of drug-likeness (QED) is 0.759. The van der Waals surface area contributed by atoms with Gasteiger partial charge in [0.1, 0.15) is 11.6 Å². The summed E-state index contributed by atoms with van der Waals surface area (Å²) in [5.41, 5.74) is 6.51. The lowest BCUT2D eigenvalue weighted by Gasteiger charge is -2.11. The fourth-order valence-electron chi connectivity index (χ4n) is 2.23. The SMILES string of the molecule is CCc1ccccc1OCC(=O)NNC(=O)CCc1ccc(F)cc1. The van der Waals surface area contributed by atoms with Gasteiger partial charge in [-0.3, -0.25) is 20.4 Å². The second-order valence-corrected chi connectivity index (χ2v) is 5.47. The van der Waals surface area contributed by atoms with E-state index in [2.05, 4.69) is 10.9 Å². The van der Waals surface area contributed by atoms with E-state index in [9.17, 15) is 14.0 Å². The number of ether oxygens (including phenoxy) is 1. The summed E-state index contributed by atoms with van der Waals surface area (Å²) in [5, 5.41) is 0. The van der Waals surface area contributed by atoms with Crippen molar-refractivity contribution in [3.8, 4) is 5.75 Å². The first-order chi connectivity index (χ1) is 12.1. The number of carbonyl (C=O) groups excluding carboxylic acids is 2.